The number of carbonyl (C=O) groups is 1. The first-order valence-corrected chi connectivity index (χ1v) is 6.81. The van der Waals surface area contributed by atoms with Crippen LogP contribution in [-0.2, 0) is 14.3 Å². The van der Waals surface area contributed by atoms with Crippen LogP contribution in [0.15, 0.2) is 0 Å². The van der Waals surface area contributed by atoms with Gasteiger partial charge in [0.25, 0.3) is 0 Å². The third-order valence-electron chi connectivity index (χ3n) is 4.47. The van der Waals surface area contributed by atoms with E-state index < -0.39 is 0 Å². The highest BCUT2D eigenvalue weighted by atomic mass is 16.6. The van der Waals surface area contributed by atoms with E-state index in [1.54, 1.807) is 0 Å². The first kappa shape index (κ1) is 12.9. The van der Waals surface area contributed by atoms with Gasteiger partial charge in [0, 0.05) is 12.8 Å². The fraction of sp³-hybridized carbons (Fsp3) is 0.929. The van der Waals surface area contributed by atoms with Crippen LogP contribution in [0, 0.1) is 5.92 Å². The minimum Gasteiger partial charge on any atom is -0.459 e. The van der Waals surface area contributed by atoms with Gasteiger partial charge in [-0.15, -0.1) is 0 Å². The van der Waals surface area contributed by atoms with Gasteiger partial charge in [0.15, 0.2) is 0 Å². The Hall–Kier alpha value is -0.570. The normalized spacial score (nSPS) is 39.9. The van der Waals surface area contributed by atoms with Crippen molar-refractivity contribution < 1.29 is 14.3 Å². The zero-order valence-corrected chi connectivity index (χ0v) is 11.4. The SMILES string of the molecule is CCCC(=O)O[C@@H]1C[C@@]2(C(C)C)CC[C@]1(C)O2. The van der Waals surface area contributed by atoms with Crippen molar-refractivity contribution in [2.24, 2.45) is 5.92 Å². The van der Waals surface area contributed by atoms with Crippen molar-refractivity contribution >= 4 is 5.97 Å². The van der Waals surface area contributed by atoms with E-state index in [0.717, 1.165) is 25.7 Å². The molecule has 98 valence electrons. The monoisotopic (exact) mass is 240 g/mol. The van der Waals surface area contributed by atoms with Gasteiger partial charge in [-0.05, 0) is 32.1 Å². The first-order valence-electron chi connectivity index (χ1n) is 6.81. The molecule has 17 heavy (non-hydrogen) atoms. The summed E-state index contributed by atoms with van der Waals surface area (Å²) in [5, 5.41) is 0. The van der Waals surface area contributed by atoms with Gasteiger partial charge >= 0.3 is 5.97 Å². The van der Waals surface area contributed by atoms with Crippen LogP contribution < -0.4 is 0 Å². The molecule has 0 unspecified atom stereocenters. The van der Waals surface area contributed by atoms with Crippen molar-refractivity contribution in [3.8, 4) is 0 Å². The van der Waals surface area contributed by atoms with Crippen LogP contribution in [0.1, 0.15) is 59.8 Å². The summed E-state index contributed by atoms with van der Waals surface area (Å²) in [7, 11) is 0. The maximum Gasteiger partial charge on any atom is 0.306 e. The molecule has 0 aliphatic carbocycles. The summed E-state index contributed by atoms with van der Waals surface area (Å²) in [4.78, 5) is 11.6. The quantitative estimate of drug-likeness (QED) is 0.708. The van der Waals surface area contributed by atoms with Gasteiger partial charge in [0.2, 0.25) is 0 Å². The molecule has 2 saturated heterocycles. The molecule has 0 aromatic rings. The Morgan fingerprint density at radius 2 is 2.18 bits per heavy atom. The second kappa shape index (κ2) is 4.27. The van der Waals surface area contributed by atoms with Crippen molar-refractivity contribution in [3.05, 3.63) is 0 Å². The minimum absolute atomic E-state index is 0.0438. The first-order chi connectivity index (χ1) is 7.92. The van der Waals surface area contributed by atoms with Gasteiger partial charge in [0.1, 0.15) is 11.7 Å². The molecule has 0 spiro atoms. The molecule has 0 saturated carbocycles. The lowest BCUT2D eigenvalue weighted by Gasteiger charge is -2.31. The Morgan fingerprint density at radius 3 is 2.71 bits per heavy atom. The van der Waals surface area contributed by atoms with E-state index in [0.29, 0.717) is 12.3 Å². The van der Waals surface area contributed by atoms with Crippen LogP contribution in [0.5, 0.6) is 0 Å². The van der Waals surface area contributed by atoms with Crippen LogP contribution in [0.3, 0.4) is 0 Å². The van der Waals surface area contributed by atoms with E-state index in [2.05, 4.69) is 20.8 Å². The van der Waals surface area contributed by atoms with Crippen LogP contribution in [0.25, 0.3) is 0 Å². The summed E-state index contributed by atoms with van der Waals surface area (Å²) in [6.45, 7) is 8.48. The third kappa shape index (κ3) is 2.10. The zero-order chi connectivity index (χ0) is 12.7. The summed E-state index contributed by atoms with van der Waals surface area (Å²) >= 11 is 0. The van der Waals surface area contributed by atoms with Gasteiger partial charge in [0.05, 0.1) is 5.60 Å². The van der Waals surface area contributed by atoms with Gasteiger partial charge in [-0.1, -0.05) is 20.8 Å². The van der Waals surface area contributed by atoms with Crippen molar-refractivity contribution in [2.75, 3.05) is 0 Å². The molecule has 2 aliphatic rings. The van der Waals surface area contributed by atoms with E-state index in [-0.39, 0.29) is 23.3 Å². The summed E-state index contributed by atoms with van der Waals surface area (Å²) < 4.78 is 11.8. The van der Waals surface area contributed by atoms with E-state index in [9.17, 15) is 4.79 Å². The van der Waals surface area contributed by atoms with Crippen LogP contribution in [0.4, 0.5) is 0 Å². The molecule has 0 radical (unpaired) electrons. The Kier molecular flexibility index (Phi) is 3.23. The lowest BCUT2D eigenvalue weighted by molar-refractivity contribution is -0.157. The molecule has 3 nitrogen and oxygen atoms in total. The lowest BCUT2D eigenvalue weighted by Crippen LogP contribution is -2.39. The number of fused-ring (bicyclic) bond motifs is 2. The predicted octanol–water partition coefficient (Wildman–Crippen LogP) is 3.07. The average molecular weight is 240 g/mol. The summed E-state index contributed by atoms with van der Waals surface area (Å²) in [6, 6.07) is 0. The maximum atomic E-state index is 11.6. The molecular formula is C14H24O3. The Morgan fingerprint density at radius 1 is 1.47 bits per heavy atom. The topological polar surface area (TPSA) is 35.5 Å². The fourth-order valence-corrected chi connectivity index (χ4v) is 3.16. The van der Waals surface area contributed by atoms with Crippen molar-refractivity contribution in [3.63, 3.8) is 0 Å². The Labute approximate surface area is 104 Å². The van der Waals surface area contributed by atoms with Gasteiger partial charge in [-0.2, -0.15) is 0 Å². The molecular weight excluding hydrogens is 216 g/mol. The van der Waals surface area contributed by atoms with Crippen LogP contribution in [-0.4, -0.2) is 23.3 Å². The second-order valence-corrected chi connectivity index (χ2v) is 6.07. The van der Waals surface area contributed by atoms with Gasteiger partial charge < -0.3 is 9.47 Å². The van der Waals surface area contributed by atoms with E-state index in [1.807, 2.05) is 6.92 Å². The Bertz CT molecular complexity index is 313. The molecule has 0 N–H and O–H groups in total. The lowest BCUT2D eigenvalue weighted by atomic mass is 9.75. The number of rotatable bonds is 4. The highest BCUT2D eigenvalue weighted by molar-refractivity contribution is 5.69. The molecule has 2 heterocycles. The van der Waals surface area contributed by atoms with Crippen molar-refractivity contribution in [1.82, 2.24) is 0 Å². The van der Waals surface area contributed by atoms with Crippen LogP contribution >= 0.6 is 0 Å². The minimum atomic E-state index is -0.242. The highest BCUT2D eigenvalue weighted by Gasteiger charge is 2.61. The number of hydrogen-bond donors (Lipinski definition) is 0. The third-order valence-corrected chi connectivity index (χ3v) is 4.47. The van der Waals surface area contributed by atoms with Crippen LogP contribution in [0.2, 0.25) is 0 Å². The number of esters is 1. The molecule has 0 aromatic heterocycles. The smallest absolute Gasteiger partial charge is 0.306 e. The summed E-state index contributed by atoms with van der Waals surface area (Å²) in [5.74, 6) is 0.410. The van der Waals surface area contributed by atoms with E-state index in [1.165, 1.54) is 0 Å². The zero-order valence-electron chi connectivity index (χ0n) is 11.4. The molecule has 2 fully saturated rings. The van der Waals surface area contributed by atoms with E-state index in [4.69, 9.17) is 9.47 Å². The largest absolute Gasteiger partial charge is 0.459 e. The van der Waals surface area contributed by atoms with Gasteiger partial charge in [-0.25, -0.2) is 0 Å². The van der Waals surface area contributed by atoms with Gasteiger partial charge in [-0.3, -0.25) is 4.79 Å². The molecule has 0 amide bonds. The maximum absolute atomic E-state index is 11.6. The standard InChI is InChI=1S/C14H24O3/c1-5-6-12(15)16-11-9-14(10(2)3)8-7-13(11,4)17-14/h10-11H,5-9H2,1-4H3/t11-,13+,14-/m1/s1. The van der Waals surface area contributed by atoms with Crippen molar-refractivity contribution in [1.29, 1.82) is 0 Å². The Balaban J connectivity index is 2.05. The predicted molar refractivity (Wildman–Crippen MR) is 65.7 cm³/mol. The van der Waals surface area contributed by atoms with E-state index >= 15 is 0 Å². The number of carbonyl (C=O) groups excluding carboxylic acids is 1. The molecule has 2 aliphatic heterocycles. The highest BCUT2D eigenvalue weighted by Crippen LogP contribution is 2.54. The second-order valence-electron chi connectivity index (χ2n) is 6.07. The molecule has 0 aromatic carbocycles. The summed E-state index contributed by atoms with van der Waals surface area (Å²) in [6.07, 6.45) is 4.30. The number of hydrogen-bond acceptors (Lipinski definition) is 3. The van der Waals surface area contributed by atoms with Crippen molar-refractivity contribution in [2.45, 2.75) is 77.1 Å². The number of ether oxygens (including phenoxy) is 2. The molecule has 2 bridgehead atoms. The molecule has 3 heteroatoms. The average Bonchev–Trinajstić information content (AvgIpc) is 2.70. The summed E-state index contributed by atoms with van der Waals surface area (Å²) in [5.41, 5.74) is -0.292. The fourth-order valence-electron chi connectivity index (χ4n) is 3.16. The molecule has 3 atom stereocenters. The molecule has 2 rings (SSSR count).